The van der Waals surface area contributed by atoms with E-state index in [1.807, 2.05) is 0 Å². The molecule has 1 amide bonds. The van der Waals surface area contributed by atoms with Gasteiger partial charge in [0, 0.05) is 36.1 Å². The molecule has 2 heterocycles. The molecular weight excluding hydrogens is 376 g/mol. The second-order valence-corrected chi connectivity index (χ2v) is 8.31. The van der Waals surface area contributed by atoms with Gasteiger partial charge in [0.2, 0.25) is 0 Å². The van der Waals surface area contributed by atoms with Crippen molar-refractivity contribution in [3.8, 4) is 5.75 Å². The summed E-state index contributed by atoms with van der Waals surface area (Å²) in [5, 5.41) is 10.7. The molecule has 0 radical (unpaired) electrons. The van der Waals surface area contributed by atoms with Crippen LogP contribution in [0.3, 0.4) is 0 Å². The summed E-state index contributed by atoms with van der Waals surface area (Å²) in [6, 6.07) is 14.9. The van der Waals surface area contributed by atoms with Crippen LogP contribution in [0.2, 0.25) is 0 Å². The van der Waals surface area contributed by atoms with Crippen LogP contribution < -0.4 is 4.74 Å². The lowest BCUT2D eigenvalue weighted by Crippen LogP contribution is -2.31. The van der Waals surface area contributed by atoms with Crippen molar-refractivity contribution in [2.24, 2.45) is 0 Å². The average molecular weight is 405 g/mol. The van der Waals surface area contributed by atoms with Gasteiger partial charge in [-0.05, 0) is 60.9 Å². The molecule has 5 heteroatoms. The highest BCUT2D eigenvalue weighted by Crippen LogP contribution is 2.31. The summed E-state index contributed by atoms with van der Waals surface area (Å²) in [6.07, 6.45) is 5.46. The molecule has 1 aliphatic heterocycles. The van der Waals surface area contributed by atoms with Gasteiger partial charge in [0.1, 0.15) is 12.4 Å². The van der Waals surface area contributed by atoms with E-state index in [9.17, 15) is 9.90 Å². The van der Waals surface area contributed by atoms with Crippen molar-refractivity contribution in [1.82, 2.24) is 9.47 Å². The first-order valence-corrected chi connectivity index (χ1v) is 11.0. The Hall–Kier alpha value is -2.95. The van der Waals surface area contributed by atoms with Crippen LogP contribution in [0.4, 0.5) is 4.79 Å². The van der Waals surface area contributed by atoms with Gasteiger partial charge in [-0.15, -0.1) is 0 Å². The highest BCUT2D eigenvalue weighted by molar-refractivity contribution is 5.86. The molecular formula is C25H28N2O3. The lowest BCUT2D eigenvalue weighted by Gasteiger charge is -2.20. The standard InChI is InChI=1S/C25H28N2O3/c28-25(29)26-14-12-21-20-9-3-4-10-22(20)27(23(21)13-15-26)16-17-30-24-11-5-7-18-6-1-2-8-19(18)24/h3-5,7,9-11H,1-2,6,8,12-17H2,(H,28,29). The number of carbonyl (C=O) groups is 1. The van der Waals surface area contributed by atoms with Gasteiger partial charge in [-0.1, -0.05) is 30.3 Å². The summed E-state index contributed by atoms with van der Waals surface area (Å²) in [5.41, 5.74) is 6.61. The third-order valence-corrected chi connectivity index (χ3v) is 6.64. The Bertz CT molecular complexity index is 1090. The molecule has 1 aliphatic carbocycles. The highest BCUT2D eigenvalue weighted by Gasteiger charge is 2.23. The fourth-order valence-electron chi connectivity index (χ4n) is 5.17. The van der Waals surface area contributed by atoms with E-state index >= 15 is 0 Å². The first-order valence-electron chi connectivity index (χ1n) is 11.0. The van der Waals surface area contributed by atoms with Gasteiger partial charge in [0.25, 0.3) is 0 Å². The van der Waals surface area contributed by atoms with Gasteiger partial charge in [-0.2, -0.15) is 0 Å². The molecule has 30 heavy (non-hydrogen) atoms. The van der Waals surface area contributed by atoms with Crippen LogP contribution in [0.1, 0.15) is 35.2 Å². The van der Waals surface area contributed by atoms with Crippen molar-refractivity contribution in [2.75, 3.05) is 19.7 Å². The number of rotatable bonds is 4. The largest absolute Gasteiger partial charge is 0.491 e. The van der Waals surface area contributed by atoms with E-state index in [0.717, 1.165) is 38.0 Å². The molecule has 2 aliphatic rings. The molecule has 0 saturated carbocycles. The summed E-state index contributed by atoms with van der Waals surface area (Å²) in [4.78, 5) is 13.0. The number of aromatic nitrogens is 1. The number of hydrogen-bond acceptors (Lipinski definition) is 2. The zero-order valence-corrected chi connectivity index (χ0v) is 17.3. The summed E-state index contributed by atoms with van der Waals surface area (Å²) in [5.74, 6) is 1.03. The van der Waals surface area contributed by atoms with E-state index in [1.165, 1.54) is 51.0 Å². The van der Waals surface area contributed by atoms with Crippen LogP contribution in [-0.4, -0.2) is 40.4 Å². The minimum Gasteiger partial charge on any atom is -0.491 e. The third kappa shape index (κ3) is 3.42. The van der Waals surface area contributed by atoms with Crippen LogP contribution in [0.25, 0.3) is 10.9 Å². The topological polar surface area (TPSA) is 54.7 Å². The van der Waals surface area contributed by atoms with Crippen molar-refractivity contribution in [1.29, 1.82) is 0 Å². The molecule has 0 fully saturated rings. The van der Waals surface area contributed by atoms with Gasteiger partial charge in [-0.25, -0.2) is 4.79 Å². The lowest BCUT2D eigenvalue weighted by atomic mass is 9.91. The second-order valence-electron chi connectivity index (χ2n) is 8.31. The number of amides is 1. The highest BCUT2D eigenvalue weighted by atomic mass is 16.5. The average Bonchev–Trinajstić information content (AvgIpc) is 2.91. The number of para-hydroxylation sites is 1. The molecule has 5 rings (SSSR count). The number of carboxylic acid groups (broad SMARTS) is 1. The predicted octanol–water partition coefficient (Wildman–Crippen LogP) is 4.68. The predicted molar refractivity (Wildman–Crippen MR) is 118 cm³/mol. The zero-order valence-electron chi connectivity index (χ0n) is 17.3. The van der Waals surface area contributed by atoms with Gasteiger partial charge in [-0.3, -0.25) is 0 Å². The van der Waals surface area contributed by atoms with E-state index in [4.69, 9.17) is 4.74 Å². The van der Waals surface area contributed by atoms with E-state index in [0.29, 0.717) is 19.7 Å². The number of fused-ring (bicyclic) bond motifs is 4. The van der Waals surface area contributed by atoms with Gasteiger partial charge >= 0.3 is 6.09 Å². The monoisotopic (exact) mass is 404 g/mol. The smallest absolute Gasteiger partial charge is 0.407 e. The van der Waals surface area contributed by atoms with Crippen LogP contribution in [0, 0.1) is 0 Å². The molecule has 3 aromatic rings. The van der Waals surface area contributed by atoms with Crippen LogP contribution >= 0.6 is 0 Å². The van der Waals surface area contributed by atoms with Gasteiger partial charge < -0.3 is 19.3 Å². The third-order valence-electron chi connectivity index (χ3n) is 6.64. The molecule has 0 saturated heterocycles. The Labute approximate surface area is 176 Å². The van der Waals surface area contributed by atoms with Crippen molar-refractivity contribution >= 4 is 17.0 Å². The lowest BCUT2D eigenvalue weighted by molar-refractivity contribution is 0.147. The number of ether oxygens (including phenoxy) is 1. The Kier molecular flexibility index (Phi) is 5.11. The minimum atomic E-state index is -0.826. The normalized spacial score (nSPS) is 16.1. The van der Waals surface area contributed by atoms with E-state index < -0.39 is 6.09 Å². The molecule has 2 aromatic carbocycles. The minimum absolute atomic E-state index is 0.547. The number of benzene rings is 2. The van der Waals surface area contributed by atoms with Crippen molar-refractivity contribution < 1.29 is 14.6 Å². The fraction of sp³-hybridized carbons (Fsp3) is 0.400. The molecule has 156 valence electrons. The summed E-state index contributed by atoms with van der Waals surface area (Å²) in [7, 11) is 0. The molecule has 0 unspecified atom stereocenters. The maximum atomic E-state index is 11.5. The molecule has 0 atom stereocenters. The molecule has 5 nitrogen and oxygen atoms in total. The van der Waals surface area contributed by atoms with E-state index in [2.05, 4.69) is 47.0 Å². The Morgan fingerprint density at radius 1 is 0.933 bits per heavy atom. The summed E-state index contributed by atoms with van der Waals surface area (Å²) < 4.78 is 8.64. The van der Waals surface area contributed by atoms with Gasteiger partial charge in [0.05, 0.1) is 6.54 Å². The second kappa shape index (κ2) is 8.05. The van der Waals surface area contributed by atoms with Crippen LogP contribution in [-0.2, 0) is 32.2 Å². The van der Waals surface area contributed by atoms with Gasteiger partial charge in [0.15, 0.2) is 0 Å². The van der Waals surface area contributed by atoms with Crippen molar-refractivity contribution in [3.63, 3.8) is 0 Å². The van der Waals surface area contributed by atoms with Crippen LogP contribution in [0.5, 0.6) is 5.75 Å². The number of hydrogen-bond donors (Lipinski definition) is 1. The van der Waals surface area contributed by atoms with Crippen LogP contribution in [0.15, 0.2) is 42.5 Å². The Morgan fingerprint density at radius 3 is 2.67 bits per heavy atom. The Morgan fingerprint density at radius 2 is 1.77 bits per heavy atom. The SMILES string of the molecule is O=C(O)N1CCc2c(n(CCOc3cccc4c3CCCC4)c3ccccc23)CC1. The maximum Gasteiger partial charge on any atom is 0.407 e. The van der Waals surface area contributed by atoms with Crippen molar-refractivity contribution in [2.45, 2.75) is 45.1 Å². The molecule has 1 aromatic heterocycles. The molecule has 0 spiro atoms. The van der Waals surface area contributed by atoms with E-state index in [1.54, 1.807) is 0 Å². The molecule has 1 N–H and O–H groups in total. The fourth-order valence-corrected chi connectivity index (χ4v) is 5.17. The first kappa shape index (κ1) is 19.0. The number of aryl methyl sites for hydroxylation is 1. The summed E-state index contributed by atoms with van der Waals surface area (Å²) >= 11 is 0. The Balaban J connectivity index is 1.40. The van der Waals surface area contributed by atoms with E-state index in [-0.39, 0.29) is 0 Å². The molecule has 0 bridgehead atoms. The zero-order chi connectivity index (χ0) is 20.5. The maximum absolute atomic E-state index is 11.5. The summed E-state index contributed by atoms with van der Waals surface area (Å²) in [6.45, 7) is 2.49. The quantitative estimate of drug-likeness (QED) is 0.687. The first-order chi connectivity index (χ1) is 14.7. The van der Waals surface area contributed by atoms with Crippen molar-refractivity contribution in [3.05, 3.63) is 64.8 Å². The number of nitrogens with zero attached hydrogens (tertiary/aromatic N) is 2.